The number of amides is 2. The van der Waals surface area contributed by atoms with Gasteiger partial charge in [-0.2, -0.15) is 0 Å². The van der Waals surface area contributed by atoms with E-state index in [0.29, 0.717) is 31.8 Å². The van der Waals surface area contributed by atoms with Crippen LogP contribution in [-0.2, 0) is 11.3 Å². The van der Waals surface area contributed by atoms with Gasteiger partial charge in [0.05, 0.1) is 0 Å². The van der Waals surface area contributed by atoms with Crippen molar-refractivity contribution in [3.63, 3.8) is 0 Å². The highest BCUT2D eigenvalue weighted by Crippen LogP contribution is 2.31. The van der Waals surface area contributed by atoms with Gasteiger partial charge in [-0.3, -0.25) is 14.5 Å². The first kappa shape index (κ1) is 25.7. The van der Waals surface area contributed by atoms with Gasteiger partial charge >= 0.3 is 0 Å². The van der Waals surface area contributed by atoms with E-state index in [1.54, 1.807) is 20.3 Å². The number of nitrogens with two attached hydrogens (primary N) is 2. The van der Waals surface area contributed by atoms with E-state index < -0.39 is 0 Å². The molecule has 0 aliphatic carbocycles. The van der Waals surface area contributed by atoms with E-state index in [-0.39, 0.29) is 11.8 Å². The number of carbonyl (C=O) groups is 2. The molecule has 0 atom stereocenters. The van der Waals surface area contributed by atoms with Crippen molar-refractivity contribution in [1.82, 2.24) is 25.0 Å². The van der Waals surface area contributed by atoms with Crippen molar-refractivity contribution >= 4 is 28.4 Å². The van der Waals surface area contributed by atoms with E-state index in [2.05, 4.69) is 28.4 Å². The van der Waals surface area contributed by atoms with E-state index in [0.717, 1.165) is 66.8 Å². The third-order valence-electron chi connectivity index (χ3n) is 6.65. The van der Waals surface area contributed by atoms with Crippen LogP contribution in [0.25, 0.3) is 16.5 Å². The molecule has 0 bridgehead atoms. The molecule has 4 rings (SSSR count). The Morgan fingerprint density at radius 2 is 1.94 bits per heavy atom. The van der Waals surface area contributed by atoms with E-state index in [1.165, 1.54) is 16.1 Å². The fourth-order valence-electron chi connectivity index (χ4n) is 4.70. The topological polar surface area (TPSA) is 124 Å². The molecule has 1 aromatic carbocycles. The van der Waals surface area contributed by atoms with Crippen molar-refractivity contribution in [2.24, 2.45) is 11.6 Å². The minimum Gasteiger partial charge on any atom is -0.451 e. The fraction of sp³-hybridized carbons (Fsp3) is 0.462. The van der Waals surface area contributed by atoms with E-state index in [9.17, 15) is 9.59 Å². The second-order valence-electron chi connectivity index (χ2n) is 9.55. The summed E-state index contributed by atoms with van der Waals surface area (Å²) in [6.07, 6.45) is 6.21. The molecule has 5 N–H and O–H groups in total. The average molecular weight is 496 g/mol. The predicted molar refractivity (Wildman–Crippen MR) is 140 cm³/mol. The molecule has 10 heteroatoms. The molecule has 10 nitrogen and oxygen atoms in total. The lowest BCUT2D eigenvalue weighted by Gasteiger charge is -2.29. The van der Waals surface area contributed by atoms with Crippen LogP contribution in [0.15, 0.2) is 41.1 Å². The molecular weight excluding hydrogens is 458 g/mol. The maximum atomic E-state index is 12.9. The minimum absolute atomic E-state index is 0.0609. The molecule has 1 saturated heterocycles. The number of piperazine rings is 1. The molecule has 2 aromatic rings. The third-order valence-corrected chi connectivity index (χ3v) is 6.65. The van der Waals surface area contributed by atoms with Crippen molar-refractivity contribution < 1.29 is 14.0 Å². The number of fused-ring (bicyclic) bond motifs is 1. The summed E-state index contributed by atoms with van der Waals surface area (Å²) in [5, 5.41) is 5.71. The summed E-state index contributed by atoms with van der Waals surface area (Å²) >= 11 is 0. The van der Waals surface area contributed by atoms with Crippen molar-refractivity contribution in [2.75, 3.05) is 59.9 Å². The Labute approximate surface area is 212 Å². The SMILES string of the molecule is CN(C)C(=O)c1cc2cc(C3=CCCN(C(=O)CCN(N)/C=C\N)C3)cc(CN3CCNCC3)c2o1. The first-order valence-electron chi connectivity index (χ1n) is 12.4. The molecule has 194 valence electrons. The van der Waals surface area contributed by atoms with Crippen LogP contribution in [0.4, 0.5) is 0 Å². The number of furan rings is 1. The monoisotopic (exact) mass is 495 g/mol. The highest BCUT2D eigenvalue weighted by molar-refractivity contribution is 5.97. The van der Waals surface area contributed by atoms with Crippen molar-refractivity contribution in [3.8, 4) is 0 Å². The Balaban J connectivity index is 1.59. The standard InChI is InChI=1S/C26H37N7O3/c1-30(2)26(35)23-16-21-14-20(15-22(25(21)36-23)17-31-12-7-29-8-13-31)19-4-3-9-32(18-19)24(34)5-10-33(28)11-6-27/h4,6,11,14-16,29H,3,5,7-10,12-13,17-18,27-28H2,1-2H3/b11-6-. The van der Waals surface area contributed by atoms with Crippen LogP contribution in [-0.4, -0.2) is 91.4 Å². The van der Waals surface area contributed by atoms with Crippen molar-refractivity contribution in [2.45, 2.75) is 19.4 Å². The normalized spacial score (nSPS) is 17.0. The third kappa shape index (κ3) is 6.07. The highest BCUT2D eigenvalue weighted by Gasteiger charge is 2.23. The Kier molecular flexibility index (Phi) is 8.29. The van der Waals surface area contributed by atoms with Gasteiger partial charge in [0.15, 0.2) is 5.76 Å². The van der Waals surface area contributed by atoms with Gasteiger partial charge in [-0.25, -0.2) is 5.84 Å². The molecule has 0 saturated carbocycles. The number of nitrogens with zero attached hydrogens (tertiary/aromatic N) is 4. The summed E-state index contributed by atoms with van der Waals surface area (Å²) in [6, 6.07) is 6.06. The minimum atomic E-state index is -0.159. The maximum absolute atomic E-state index is 12.9. The molecule has 2 aliphatic rings. The van der Waals surface area contributed by atoms with Gasteiger partial charge in [0.25, 0.3) is 5.91 Å². The number of hydrogen-bond acceptors (Lipinski definition) is 8. The molecular formula is C26H37N7O3. The first-order chi connectivity index (χ1) is 17.4. The highest BCUT2D eigenvalue weighted by atomic mass is 16.3. The van der Waals surface area contributed by atoms with Gasteiger partial charge in [-0.15, -0.1) is 0 Å². The van der Waals surface area contributed by atoms with Crippen LogP contribution in [0, 0.1) is 0 Å². The van der Waals surface area contributed by atoms with Crippen LogP contribution >= 0.6 is 0 Å². The molecule has 0 unspecified atom stereocenters. The van der Waals surface area contributed by atoms with Gasteiger partial charge < -0.3 is 30.3 Å². The summed E-state index contributed by atoms with van der Waals surface area (Å²) in [5.74, 6) is 6.05. The fourth-order valence-corrected chi connectivity index (χ4v) is 4.70. The Morgan fingerprint density at radius 1 is 1.17 bits per heavy atom. The van der Waals surface area contributed by atoms with Crippen molar-refractivity contribution in [3.05, 3.63) is 53.6 Å². The van der Waals surface area contributed by atoms with Gasteiger partial charge in [0.1, 0.15) is 5.58 Å². The van der Waals surface area contributed by atoms with Crippen molar-refractivity contribution in [1.29, 1.82) is 0 Å². The van der Waals surface area contributed by atoms with Gasteiger partial charge in [-0.05, 0) is 35.8 Å². The Hall–Kier alpha value is -3.34. The summed E-state index contributed by atoms with van der Waals surface area (Å²) < 4.78 is 6.09. The molecule has 0 radical (unpaired) electrons. The molecule has 2 amide bonds. The van der Waals surface area contributed by atoms with Gasteiger partial charge in [0.2, 0.25) is 5.91 Å². The number of rotatable bonds is 8. The van der Waals surface area contributed by atoms with Crippen LogP contribution in [0.1, 0.15) is 34.5 Å². The number of carbonyl (C=O) groups excluding carboxylic acids is 2. The number of hydrazine groups is 1. The van der Waals surface area contributed by atoms with Crippen LogP contribution in [0.2, 0.25) is 0 Å². The summed E-state index contributed by atoms with van der Waals surface area (Å²) in [7, 11) is 3.44. The van der Waals surface area contributed by atoms with Gasteiger partial charge in [-0.1, -0.05) is 6.08 Å². The lowest BCUT2D eigenvalue weighted by Crippen LogP contribution is -2.42. The quantitative estimate of drug-likeness (QED) is 0.368. The zero-order chi connectivity index (χ0) is 25.7. The van der Waals surface area contributed by atoms with E-state index in [1.807, 2.05) is 11.0 Å². The largest absolute Gasteiger partial charge is 0.451 e. The van der Waals surface area contributed by atoms with E-state index in [4.69, 9.17) is 16.0 Å². The summed E-state index contributed by atoms with van der Waals surface area (Å²) in [5.41, 5.74) is 9.33. The number of hydrogen-bond donors (Lipinski definition) is 3. The predicted octanol–water partition coefficient (Wildman–Crippen LogP) is 1.15. The second kappa shape index (κ2) is 11.6. The van der Waals surface area contributed by atoms with Crippen LogP contribution in [0.3, 0.4) is 0 Å². The summed E-state index contributed by atoms with van der Waals surface area (Å²) in [4.78, 5) is 31.3. The van der Waals surface area contributed by atoms with E-state index >= 15 is 0 Å². The summed E-state index contributed by atoms with van der Waals surface area (Å²) in [6.45, 7) is 6.19. The Morgan fingerprint density at radius 3 is 2.67 bits per heavy atom. The Bertz CT molecular complexity index is 1150. The lowest BCUT2D eigenvalue weighted by atomic mass is 9.97. The van der Waals surface area contributed by atoms with Gasteiger partial charge in [0, 0.05) is 96.2 Å². The molecule has 2 aliphatic heterocycles. The zero-order valence-corrected chi connectivity index (χ0v) is 21.2. The molecule has 0 spiro atoms. The smallest absolute Gasteiger partial charge is 0.289 e. The average Bonchev–Trinajstić information content (AvgIpc) is 3.32. The second-order valence-corrected chi connectivity index (χ2v) is 9.55. The van der Waals surface area contributed by atoms with Crippen LogP contribution < -0.4 is 16.9 Å². The molecule has 1 aromatic heterocycles. The maximum Gasteiger partial charge on any atom is 0.289 e. The number of nitrogens with one attached hydrogen (secondary N) is 1. The number of benzene rings is 1. The zero-order valence-electron chi connectivity index (χ0n) is 21.2. The molecule has 36 heavy (non-hydrogen) atoms. The van der Waals surface area contributed by atoms with Crippen LogP contribution in [0.5, 0.6) is 0 Å². The first-order valence-corrected chi connectivity index (χ1v) is 12.4. The molecule has 3 heterocycles. The lowest BCUT2D eigenvalue weighted by molar-refractivity contribution is -0.130. The molecule has 1 fully saturated rings.